The van der Waals surface area contributed by atoms with Crippen molar-refractivity contribution in [2.24, 2.45) is 0 Å². The molecule has 0 aliphatic rings. The molecule has 0 unspecified atom stereocenters. The van der Waals surface area contributed by atoms with Gasteiger partial charge in [0.05, 0.1) is 19.5 Å². The van der Waals surface area contributed by atoms with Crippen molar-refractivity contribution in [1.82, 2.24) is 50.3 Å². The Morgan fingerprint density at radius 1 is 0.398 bits per heavy atom. The SMILES string of the molecule is CC(C)(C)c1n[n-]c(-c2ccccn2)n1.CC(C)(C)c1n[n-]c(-c2ccccn2)n1.C[Si](C)(C)c1ccnc(-c2[c-]cc(F)cc2F)c1.Fc1c[c-]c(-c2cc([Si](c3ccccc3)(c3ccccc3)c3ccccc3)ccn2)c(F)c1.[Ir].[Ir]. The van der Waals surface area contributed by atoms with Crippen LogP contribution in [-0.2, 0) is 51.0 Å². The van der Waals surface area contributed by atoms with Gasteiger partial charge in [0, 0.05) is 111 Å². The Labute approximate surface area is 512 Å². The fourth-order valence-corrected chi connectivity index (χ4v) is 14.4. The van der Waals surface area contributed by atoms with E-state index in [1.807, 2.05) is 78.9 Å². The molecule has 428 valence electrons. The van der Waals surface area contributed by atoms with Crippen LogP contribution in [0.3, 0.4) is 0 Å². The average Bonchev–Trinajstić information content (AvgIpc) is 4.30. The quantitative estimate of drug-likeness (QED) is 0.0596. The molecular formula is C65H60F4Ir2N10Si2-4. The Morgan fingerprint density at radius 3 is 1.07 bits per heavy atom. The fraction of sp³-hybridized carbons (Fsp3) is 0.169. The normalized spacial score (nSPS) is 11.2. The van der Waals surface area contributed by atoms with Crippen LogP contribution in [0.5, 0.6) is 0 Å². The smallest absolute Gasteiger partial charge is 0.178 e. The minimum absolute atomic E-state index is 0. The molecule has 0 fully saturated rings. The second-order valence-corrected chi connectivity index (χ2v) is 30.8. The van der Waals surface area contributed by atoms with E-state index in [0.29, 0.717) is 23.0 Å². The monoisotopic (exact) mass is 1500 g/mol. The molecule has 0 amide bonds. The van der Waals surface area contributed by atoms with Gasteiger partial charge >= 0.3 is 0 Å². The summed E-state index contributed by atoms with van der Waals surface area (Å²) in [6.45, 7) is 19.0. The predicted molar refractivity (Wildman–Crippen MR) is 318 cm³/mol. The molecule has 6 heterocycles. The molecule has 11 rings (SSSR count). The van der Waals surface area contributed by atoms with Crippen LogP contribution in [0.1, 0.15) is 53.2 Å². The molecular weight excluding hydrogens is 1440 g/mol. The maximum Gasteiger partial charge on any atom is 0.178 e. The molecule has 0 aliphatic heterocycles. The molecule has 2 radical (unpaired) electrons. The van der Waals surface area contributed by atoms with Crippen molar-refractivity contribution in [3.05, 3.63) is 248 Å². The number of aromatic nitrogens is 10. The van der Waals surface area contributed by atoms with E-state index in [9.17, 15) is 17.6 Å². The van der Waals surface area contributed by atoms with Gasteiger partial charge in [-0.1, -0.05) is 210 Å². The Bertz CT molecular complexity index is 3600. The molecule has 83 heavy (non-hydrogen) atoms. The van der Waals surface area contributed by atoms with Crippen molar-refractivity contribution in [2.45, 2.75) is 72.0 Å². The van der Waals surface area contributed by atoms with E-state index in [2.05, 4.69) is 196 Å². The summed E-state index contributed by atoms with van der Waals surface area (Å²) in [4.78, 5) is 25.7. The van der Waals surface area contributed by atoms with E-state index in [4.69, 9.17) is 0 Å². The minimum atomic E-state index is -2.74. The van der Waals surface area contributed by atoms with Crippen molar-refractivity contribution in [3.63, 3.8) is 0 Å². The van der Waals surface area contributed by atoms with Gasteiger partial charge in [0.1, 0.15) is 0 Å². The van der Waals surface area contributed by atoms with Gasteiger partial charge < -0.3 is 30.1 Å². The maximum atomic E-state index is 14.6. The largest absolute Gasteiger partial charge is 0.420 e. The molecule has 11 aromatic rings. The van der Waals surface area contributed by atoms with Crippen molar-refractivity contribution in [3.8, 4) is 45.6 Å². The summed E-state index contributed by atoms with van der Waals surface area (Å²) in [6, 6.07) is 59.8. The van der Waals surface area contributed by atoms with E-state index < -0.39 is 39.4 Å². The average molecular weight is 1500 g/mol. The summed E-state index contributed by atoms with van der Waals surface area (Å²) in [7, 11) is -4.22. The van der Waals surface area contributed by atoms with Gasteiger partial charge in [-0.2, -0.15) is 0 Å². The molecule has 0 spiro atoms. The van der Waals surface area contributed by atoms with Crippen molar-refractivity contribution in [2.75, 3.05) is 0 Å². The number of nitrogens with zero attached hydrogens (tertiary/aromatic N) is 10. The van der Waals surface area contributed by atoms with Crippen LogP contribution in [-0.4, -0.2) is 56.2 Å². The second-order valence-electron chi connectivity index (χ2n) is 21.9. The zero-order valence-electron chi connectivity index (χ0n) is 47.2. The summed E-state index contributed by atoms with van der Waals surface area (Å²) >= 11 is 0. The Morgan fingerprint density at radius 2 is 0.747 bits per heavy atom. The van der Waals surface area contributed by atoms with Crippen LogP contribution in [0, 0.1) is 35.4 Å². The molecule has 0 saturated carbocycles. The van der Waals surface area contributed by atoms with Crippen LogP contribution in [0.25, 0.3) is 45.6 Å². The van der Waals surface area contributed by atoms with Gasteiger partial charge in [0.25, 0.3) is 0 Å². The third kappa shape index (κ3) is 16.4. The standard InChI is InChI=1S/C29H20F2NSi.C14H14F2NSi.2C11H13N4.2Ir/c30-22-16-17-27(28(31)20-22)29-21-26(18-19-32-29)33(23-10-4-1-5-11-23,24-12-6-2-7-13-24)25-14-8-3-9-15-25;1-18(2,3)11-6-7-17-14(9-11)12-5-4-10(15)8-13(12)16;2*1-11(2,3)10-13-9(14-15-10)8-6-4-5-7-12-8;;/h1-16,18-21H;4,6-9H,1-3H3;2*4-7H,1-3H3;;/q4*-1;;. The minimum Gasteiger partial charge on any atom is -0.420 e. The number of halogens is 4. The molecule has 6 aromatic heterocycles. The van der Waals surface area contributed by atoms with Crippen molar-refractivity contribution in [1.29, 1.82) is 0 Å². The van der Waals surface area contributed by atoms with Crippen LogP contribution in [0.15, 0.2) is 201 Å². The summed E-state index contributed by atoms with van der Waals surface area (Å²) in [5.74, 6) is 0.111. The van der Waals surface area contributed by atoms with Crippen LogP contribution in [0.2, 0.25) is 19.6 Å². The van der Waals surface area contributed by atoms with Crippen molar-refractivity contribution < 1.29 is 57.8 Å². The first kappa shape index (κ1) is 64.6. The third-order valence-corrected chi connectivity index (χ3v) is 19.5. The van der Waals surface area contributed by atoms with Gasteiger partial charge in [0.2, 0.25) is 0 Å². The molecule has 0 aliphatic carbocycles. The molecule has 0 bridgehead atoms. The second kappa shape index (κ2) is 28.6. The number of pyridine rings is 4. The Kier molecular flexibility index (Phi) is 22.3. The molecule has 0 atom stereocenters. The Balaban J connectivity index is 0.000000189. The molecule has 0 saturated heterocycles. The van der Waals surface area contributed by atoms with Gasteiger partial charge in [-0.25, -0.2) is 0 Å². The zero-order chi connectivity index (χ0) is 57.8. The van der Waals surface area contributed by atoms with Gasteiger partial charge in [-0.3, -0.25) is 37.7 Å². The van der Waals surface area contributed by atoms with Gasteiger partial charge in [-0.05, 0) is 75.0 Å². The molecule has 0 N–H and O–H groups in total. The summed E-state index contributed by atoms with van der Waals surface area (Å²) in [6.07, 6.45) is 6.82. The van der Waals surface area contributed by atoms with E-state index in [-0.39, 0.29) is 62.2 Å². The van der Waals surface area contributed by atoms with Crippen molar-refractivity contribution >= 4 is 42.1 Å². The van der Waals surface area contributed by atoms with Crippen LogP contribution in [0.4, 0.5) is 17.6 Å². The summed E-state index contributed by atoms with van der Waals surface area (Å²) in [5, 5.41) is 22.1. The Hall–Kier alpha value is -7.57. The fourth-order valence-electron chi connectivity index (χ4n) is 8.50. The molecule has 10 nitrogen and oxygen atoms in total. The van der Waals surface area contributed by atoms with Gasteiger partial charge in [0.15, 0.2) is 8.07 Å². The summed E-state index contributed by atoms with van der Waals surface area (Å²) < 4.78 is 54.7. The number of benzene rings is 5. The predicted octanol–water partition coefficient (Wildman–Crippen LogP) is 11.2. The van der Waals surface area contributed by atoms with Crippen LogP contribution >= 0.6 is 0 Å². The third-order valence-electron chi connectivity index (χ3n) is 12.7. The van der Waals surface area contributed by atoms with Crippen LogP contribution < -0.4 is 36.1 Å². The summed E-state index contributed by atoms with van der Waals surface area (Å²) in [5.41, 5.74) is 2.71. The topological polar surface area (TPSA) is 131 Å². The first-order valence-electron chi connectivity index (χ1n) is 26.1. The maximum absolute atomic E-state index is 14.6. The number of hydrogen-bond donors (Lipinski definition) is 0. The van der Waals surface area contributed by atoms with E-state index >= 15 is 0 Å². The number of rotatable bonds is 9. The zero-order valence-corrected chi connectivity index (χ0v) is 54.0. The van der Waals surface area contributed by atoms with E-state index in [1.54, 1.807) is 24.8 Å². The molecule has 18 heteroatoms. The molecule has 5 aromatic carbocycles. The first-order chi connectivity index (χ1) is 38.7. The van der Waals surface area contributed by atoms with E-state index in [1.165, 1.54) is 20.7 Å². The number of hydrogen-bond acceptors (Lipinski definition) is 8. The first-order valence-corrected chi connectivity index (χ1v) is 31.6. The van der Waals surface area contributed by atoms with Gasteiger partial charge in [-0.15, -0.1) is 24.3 Å². The van der Waals surface area contributed by atoms with E-state index in [0.717, 1.165) is 52.5 Å².